The Morgan fingerprint density at radius 2 is 1.62 bits per heavy atom. The molecule has 0 N–H and O–H groups in total. The number of esters is 1. The van der Waals surface area contributed by atoms with Crippen LogP contribution in [-0.4, -0.2) is 12.1 Å². The van der Waals surface area contributed by atoms with Crippen molar-refractivity contribution < 1.29 is 18.7 Å². The van der Waals surface area contributed by atoms with Crippen molar-refractivity contribution in [1.82, 2.24) is 0 Å². The number of ether oxygens (including phenoxy) is 2. The van der Waals surface area contributed by atoms with E-state index < -0.39 is 11.6 Å². The molecule has 24 heavy (non-hydrogen) atoms. The van der Waals surface area contributed by atoms with E-state index in [-0.39, 0.29) is 6.10 Å². The van der Waals surface area contributed by atoms with Crippen LogP contribution in [0, 0.1) is 0 Å². The second-order valence-corrected chi connectivity index (χ2v) is 5.53. The summed E-state index contributed by atoms with van der Waals surface area (Å²) in [5, 5.41) is 0.754. The highest BCUT2D eigenvalue weighted by molar-refractivity contribution is 5.91. The van der Waals surface area contributed by atoms with Crippen molar-refractivity contribution in [2.24, 2.45) is 0 Å². The van der Waals surface area contributed by atoms with Gasteiger partial charge in [-0.05, 0) is 56.3 Å². The summed E-state index contributed by atoms with van der Waals surface area (Å²) in [7, 11) is 0. The molecule has 1 aromatic heterocycles. The van der Waals surface area contributed by atoms with Crippen molar-refractivity contribution in [2.75, 3.05) is 0 Å². The first-order chi connectivity index (χ1) is 11.5. The lowest BCUT2D eigenvalue weighted by Gasteiger charge is -2.10. The maximum absolute atomic E-state index is 12.2. The molecule has 0 saturated heterocycles. The predicted molar refractivity (Wildman–Crippen MR) is 89.6 cm³/mol. The van der Waals surface area contributed by atoms with Crippen LogP contribution in [0.25, 0.3) is 11.0 Å². The van der Waals surface area contributed by atoms with Crippen molar-refractivity contribution in [3.63, 3.8) is 0 Å². The number of fused-ring (bicyclic) bond motifs is 1. The molecule has 1 heterocycles. The van der Waals surface area contributed by atoms with Gasteiger partial charge in [-0.15, -0.1) is 0 Å². The van der Waals surface area contributed by atoms with E-state index in [1.54, 1.807) is 42.5 Å². The minimum absolute atomic E-state index is 0.0649. The molecule has 2 aromatic carbocycles. The molecule has 0 spiro atoms. The zero-order chi connectivity index (χ0) is 17.1. The summed E-state index contributed by atoms with van der Waals surface area (Å²) in [4.78, 5) is 23.5. The first-order valence-electron chi connectivity index (χ1n) is 7.54. The van der Waals surface area contributed by atoms with Gasteiger partial charge in [0.25, 0.3) is 0 Å². The molecule has 5 nitrogen and oxygen atoms in total. The van der Waals surface area contributed by atoms with Crippen molar-refractivity contribution >= 4 is 16.9 Å². The largest absolute Gasteiger partial charge is 0.491 e. The van der Waals surface area contributed by atoms with Gasteiger partial charge in [-0.3, -0.25) is 0 Å². The second kappa shape index (κ2) is 6.58. The van der Waals surface area contributed by atoms with Crippen LogP contribution in [-0.2, 0) is 0 Å². The zero-order valence-electron chi connectivity index (χ0n) is 13.3. The number of rotatable bonds is 4. The van der Waals surface area contributed by atoms with E-state index in [2.05, 4.69) is 0 Å². The molecular formula is C19H16O5. The average Bonchev–Trinajstić information content (AvgIpc) is 2.54. The molecule has 0 aliphatic heterocycles. The Morgan fingerprint density at radius 1 is 0.958 bits per heavy atom. The molecule has 0 aliphatic rings. The fourth-order valence-electron chi connectivity index (χ4n) is 2.21. The van der Waals surface area contributed by atoms with Crippen LogP contribution < -0.4 is 15.1 Å². The third-order valence-corrected chi connectivity index (χ3v) is 3.27. The van der Waals surface area contributed by atoms with Crippen molar-refractivity contribution in [2.45, 2.75) is 20.0 Å². The van der Waals surface area contributed by atoms with Gasteiger partial charge in [0.2, 0.25) is 0 Å². The fourth-order valence-corrected chi connectivity index (χ4v) is 2.21. The van der Waals surface area contributed by atoms with Crippen LogP contribution in [0.2, 0.25) is 0 Å². The fraction of sp³-hybridized carbons (Fsp3) is 0.158. The molecule has 5 heteroatoms. The topological polar surface area (TPSA) is 65.7 Å². The zero-order valence-corrected chi connectivity index (χ0v) is 13.3. The smallest absolute Gasteiger partial charge is 0.343 e. The van der Waals surface area contributed by atoms with E-state index in [9.17, 15) is 9.59 Å². The number of hydrogen-bond donors (Lipinski definition) is 0. The molecule has 0 amide bonds. The molecule has 3 rings (SSSR count). The van der Waals surface area contributed by atoms with E-state index in [0.29, 0.717) is 22.6 Å². The molecule has 0 aliphatic carbocycles. The molecule has 0 fully saturated rings. The third-order valence-electron chi connectivity index (χ3n) is 3.27. The van der Waals surface area contributed by atoms with Gasteiger partial charge >= 0.3 is 11.6 Å². The predicted octanol–water partition coefficient (Wildman–Crippen LogP) is 3.80. The van der Waals surface area contributed by atoms with Gasteiger partial charge in [0.1, 0.15) is 17.1 Å². The summed E-state index contributed by atoms with van der Waals surface area (Å²) in [5.41, 5.74) is 0.320. The number of benzene rings is 2. The van der Waals surface area contributed by atoms with Crippen molar-refractivity contribution in [1.29, 1.82) is 0 Å². The summed E-state index contributed by atoms with van der Waals surface area (Å²) in [5.74, 6) is 0.502. The van der Waals surface area contributed by atoms with Crippen LogP contribution in [0.4, 0.5) is 0 Å². The molecule has 0 radical (unpaired) electrons. The van der Waals surface area contributed by atoms with Crippen LogP contribution in [0.1, 0.15) is 24.2 Å². The lowest BCUT2D eigenvalue weighted by molar-refractivity contribution is 0.0735. The molecular weight excluding hydrogens is 308 g/mol. The standard InChI is InChI=1S/C19H16O5/c1-12(2)22-15-7-4-14(5-8-15)19(21)23-16-9-3-13-6-10-18(20)24-17(13)11-16/h3-12H,1-2H3. The summed E-state index contributed by atoms with van der Waals surface area (Å²) >= 11 is 0. The van der Waals surface area contributed by atoms with Crippen molar-refractivity contribution in [3.05, 3.63) is 70.6 Å². The highest BCUT2D eigenvalue weighted by Gasteiger charge is 2.10. The first-order valence-corrected chi connectivity index (χ1v) is 7.54. The highest BCUT2D eigenvalue weighted by atomic mass is 16.5. The van der Waals surface area contributed by atoms with Crippen LogP contribution in [0.5, 0.6) is 11.5 Å². The summed E-state index contributed by atoms with van der Waals surface area (Å²) in [6.45, 7) is 3.86. The van der Waals surface area contributed by atoms with Gasteiger partial charge < -0.3 is 13.9 Å². The van der Waals surface area contributed by atoms with E-state index in [0.717, 1.165) is 5.39 Å². The quantitative estimate of drug-likeness (QED) is 0.415. The van der Waals surface area contributed by atoms with Gasteiger partial charge in [-0.1, -0.05) is 0 Å². The molecule has 0 saturated carbocycles. The monoisotopic (exact) mass is 324 g/mol. The van der Waals surface area contributed by atoms with Crippen LogP contribution >= 0.6 is 0 Å². The Bertz CT molecular complexity index is 922. The van der Waals surface area contributed by atoms with Crippen LogP contribution in [0.3, 0.4) is 0 Å². The number of carbonyl (C=O) groups excluding carboxylic acids is 1. The van der Waals surface area contributed by atoms with Gasteiger partial charge in [0.15, 0.2) is 0 Å². The Kier molecular flexibility index (Phi) is 4.33. The van der Waals surface area contributed by atoms with Gasteiger partial charge in [0, 0.05) is 17.5 Å². The highest BCUT2D eigenvalue weighted by Crippen LogP contribution is 2.21. The Hall–Kier alpha value is -3.08. The summed E-state index contributed by atoms with van der Waals surface area (Å²) in [6.07, 6.45) is 0.0649. The van der Waals surface area contributed by atoms with Crippen molar-refractivity contribution in [3.8, 4) is 11.5 Å². The molecule has 0 atom stereocenters. The van der Waals surface area contributed by atoms with Gasteiger partial charge in [0.05, 0.1) is 11.7 Å². The first kappa shape index (κ1) is 15.8. The Labute approximate surface area is 138 Å². The Balaban J connectivity index is 1.77. The van der Waals surface area contributed by atoms with Gasteiger partial charge in [-0.2, -0.15) is 0 Å². The lowest BCUT2D eigenvalue weighted by Crippen LogP contribution is -2.09. The van der Waals surface area contributed by atoms with Gasteiger partial charge in [-0.25, -0.2) is 9.59 Å². The lowest BCUT2D eigenvalue weighted by atomic mass is 10.2. The normalized spacial score (nSPS) is 10.8. The Morgan fingerprint density at radius 3 is 2.33 bits per heavy atom. The summed E-state index contributed by atoms with van der Waals surface area (Å²) in [6, 6.07) is 14.6. The SMILES string of the molecule is CC(C)Oc1ccc(C(=O)Oc2ccc3ccc(=O)oc3c2)cc1. The number of hydrogen-bond acceptors (Lipinski definition) is 5. The average molecular weight is 324 g/mol. The molecule has 0 unspecified atom stereocenters. The summed E-state index contributed by atoms with van der Waals surface area (Å²) < 4.78 is 15.9. The maximum atomic E-state index is 12.2. The van der Waals surface area contributed by atoms with E-state index in [1.165, 1.54) is 12.1 Å². The van der Waals surface area contributed by atoms with E-state index in [1.807, 2.05) is 13.8 Å². The molecule has 122 valence electrons. The number of carbonyl (C=O) groups is 1. The maximum Gasteiger partial charge on any atom is 0.343 e. The molecule has 0 bridgehead atoms. The molecule has 3 aromatic rings. The minimum Gasteiger partial charge on any atom is -0.491 e. The van der Waals surface area contributed by atoms with E-state index >= 15 is 0 Å². The minimum atomic E-state index is -0.497. The van der Waals surface area contributed by atoms with E-state index in [4.69, 9.17) is 13.9 Å². The second-order valence-electron chi connectivity index (χ2n) is 5.53. The third kappa shape index (κ3) is 3.63. The van der Waals surface area contributed by atoms with Crippen LogP contribution in [0.15, 0.2) is 63.8 Å².